The van der Waals surface area contributed by atoms with Crippen LogP contribution < -0.4 is 30.0 Å². The van der Waals surface area contributed by atoms with Crippen molar-refractivity contribution in [3.63, 3.8) is 0 Å². The number of carbonyl (C=O) groups is 4. The second-order valence-electron chi connectivity index (χ2n) is 27.4. The number of para-hydroxylation sites is 3. The molecule has 4 unspecified atom stereocenters. The van der Waals surface area contributed by atoms with Crippen molar-refractivity contribution in [1.29, 1.82) is 0 Å². The summed E-state index contributed by atoms with van der Waals surface area (Å²) in [7, 11) is -11.9. The van der Waals surface area contributed by atoms with Crippen LogP contribution in [0.3, 0.4) is 0 Å². The van der Waals surface area contributed by atoms with Crippen molar-refractivity contribution in [2.75, 3.05) is 38.3 Å². The number of ether oxygens (including phenoxy) is 6. The highest BCUT2D eigenvalue weighted by atomic mass is 32.1. The predicted molar refractivity (Wildman–Crippen MR) is 394 cm³/mol. The maximum absolute atomic E-state index is 13.7. The number of esters is 3. The molecule has 6 heterocycles. The molecule has 9 N–H and O–H groups in total. The lowest BCUT2D eigenvalue weighted by atomic mass is 9.96. The van der Waals surface area contributed by atoms with Crippen LogP contribution in [0.25, 0.3) is 0 Å². The lowest BCUT2D eigenvalue weighted by molar-refractivity contribution is -0.152. The van der Waals surface area contributed by atoms with Gasteiger partial charge >= 0.3 is 40.7 Å². The van der Waals surface area contributed by atoms with Crippen LogP contribution >= 0.6 is 47.2 Å². The summed E-state index contributed by atoms with van der Waals surface area (Å²) in [6.07, 6.45) is -7.87. The van der Waals surface area contributed by atoms with Gasteiger partial charge in [0.2, 0.25) is 0 Å². The number of aliphatic hydroxyl groups is 6. The van der Waals surface area contributed by atoms with Crippen LogP contribution in [0, 0.1) is 27.3 Å². The SMILES string of the molecule is C=C1NC(=O)C=CN1[C@@H]1O[C@H](CO[P@](=O)(C[C@@H](C)C(=O)OC(C)C)Oc2ccccc2)[C@H](O)C1(C)O.CC(C)OC(=O)[C@H](C)CP(=O)(OC[C@H]1O[C@@H](n2ccc(=O)[nH]c2=S)C(C)(O)[C@H]1O)Oc1ccccc1.CC(C)OC(=O)[C@H](C)C[P@](=O)(OC[C@H]1O[C@@H](n2ccc(=O)[nH]c2=S)C(C)(O)[C@H]1O)Oc1ccccc1. The van der Waals surface area contributed by atoms with E-state index < -0.39 is 167 Å². The standard InChI is InChI=1S/C24H33N2O9P.2C23H31N2O9PS/c1-15(2)33-22(29)16(3)14-36(31,35-18-9-7-6-8-10-18)32-13-19-21(28)24(5,30)23(34-19)26-12-11-20(27)25-17(26)4;2*1-14(2)32-20(28)15(3)13-35(30,34-16-8-6-5-7-9-16)31-12-17-19(27)23(4,29)21(33-17)25-11-10-18(26)24-22(25)36/h6-12,15-16,19,21,23,28,30H,4,13-14H2,1-3,5H3,(H,25,27);2*5-11,14-15,17,19,21,27,29H,12-13H2,1-4H3,(H,24,26,36)/t16-,19-,21+,23-,24?,36-;15-,17-,19+,21-,23?,35?;15-,17-,19+,21-,23?,35+/m111/s1. The monoisotopic (exact) mass is 1610 g/mol. The number of carbonyl (C=O) groups excluding carboxylic acids is 4. The van der Waals surface area contributed by atoms with Gasteiger partial charge < -0.3 is 82.8 Å². The molecular formula is C70H95N6O27P3S2. The topological polar surface area (TPSA) is 442 Å². The Morgan fingerprint density at radius 1 is 0.500 bits per heavy atom. The fourth-order valence-electron chi connectivity index (χ4n) is 11.2. The normalized spacial score (nSPS) is 27.1. The molecule has 108 heavy (non-hydrogen) atoms. The molecule has 0 radical (unpaired) electrons. The molecule has 594 valence electrons. The minimum absolute atomic E-state index is 0.0166. The minimum atomic E-state index is -3.97. The zero-order valence-corrected chi connectivity index (χ0v) is 65.8. The quantitative estimate of drug-likeness (QED) is 0.00919. The lowest BCUT2D eigenvalue weighted by Gasteiger charge is -2.37. The van der Waals surface area contributed by atoms with Crippen molar-refractivity contribution in [1.82, 2.24) is 29.3 Å². The van der Waals surface area contributed by atoms with E-state index in [1.165, 1.54) is 71.6 Å². The molecule has 3 saturated heterocycles. The molecule has 5 aromatic rings. The van der Waals surface area contributed by atoms with E-state index in [0.29, 0.717) is 0 Å². The second-order valence-corrected chi connectivity index (χ2v) is 34.3. The number of aromatic amines is 2. The Bertz CT molecular complexity index is 4140. The van der Waals surface area contributed by atoms with Gasteiger partial charge in [-0.1, -0.05) is 81.9 Å². The summed E-state index contributed by atoms with van der Waals surface area (Å²) in [6, 6.07) is 27.4. The minimum Gasteiger partial charge on any atom is -0.463 e. The van der Waals surface area contributed by atoms with Gasteiger partial charge in [0.1, 0.15) is 76.5 Å². The Kier molecular flexibility index (Phi) is 30.6. The molecule has 0 bridgehead atoms. The molecule has 1 amide bonds. The largest absolute Gasteiger partial charge is 0.463 e. The van der Waals surface area contributed by atoms with E-state index in [2.05, 4.69) is 21.9 Å². The zero-order chi connectivity index (χ0) is 80.0. The Morgan fingerprint density at radius 3 is 1.06 bits per heavy atom. The van der Waals surface area contributed by atoms with Crippen LogP contribution in [0.5, 0.6) is 17.2 Å². The molecule has 3 fully saturated rings. The third kappa shape index (κ3) is 23.6. The van der Waals surface area contributed by atoms with Gasteiger partial charge in [0, 0.05) is 36.8 Å². The maximum atomic E-state index is 13.7. The Hall–Kier alpha value is -7.37. The van der Waals surface area contributed by atoms with Gasteiger partial charge in [-0.25, -0.2) is 13.7 Å². The number of amides is 1. The van der Waals surface area contributed by atoms with Crippen LogP contribution in [0.2, 0.25) is 0 Å². The number of aliphatic hydroxyl groups excluding tert-OH is 3. The van der Waals surface area contributed by atoms with Crippen molar-refractivity contribution < 1.29 is 119 Å². The van der Waals surface area contributed by atoms with E-state index in [1.54, 1.807) is 153 Å². The van der Waals surface area contributed by atoms with E-state index in [-0.39, 0.29) is 69.4 Å². The molecule has 4 aliphatic rings. The van der Waals surface area contributed by atoms with Gasteiger partial charge in [-0.3, -0.25) is 61.4 Å². The third-order valence-corrected chi connectivity index (χ3v) is 23.4. The number of H-pyrrole nitrogens is 2. The highest BCUT2D eigenvalue weighted by Gasteiger charge is 2.57. The number of rotatable bonds is 30. The van der Waals surface area contributed by atoms with Crippen LogP contribution in [-0.2, 0) is 74.9 Å². The average molecular weight is 1610 g/mol. The Balaban J connectivity index is 0.000000226. The Morgan fingerprint density at radius 2 is 0.787 bits per heavy atom. The molecule has 2 aromatic heterocycles. The van der Waals surface area contributed by atoms with Gasteiger partial charge in [0.05, 0.1) is 74.4 Å². The van der Waals surface area contributed by atoms with Gasteiger partial charge in [-0.2, -0.15) is 0 Å². The van der Waals surface area contributed by atoms with E-state index >= 15 is 0 Å². The van der Waals surface area contributed by atoms with Crippen LogP contribution in [-0.4, -0.2) is 195 Å². The summed E-state index contributed by atoms with van der Waals surface area (Å²) in [5.41, 5.74) is -6.33. The molecule has 4 aliphatic heterocycles. The fraction of sp³-hybridized carbons (Fsp3) is 0.514. The van der Waals surface area contributed by atoms with Gasteiger partial charge in [-0.15, -0.1) is 0 Å². The predicted octanol–water partition coefficient (Wildman–Crippen LogP) is 7.70. The molecule has 3 aromatic carbocycles. The summed E-state index contributed by atoms with van der Waals surface area (Å²) < 4.78 is 111. The molecule has 0 saturated carbocycles. The summed E-state index contributed by atoms with van der Waals surface area (Å²) in [4.78, 5) is 77.8. The smallest absolute Gasteiger partial charge is 0.380 e. The van der Waals surface area contributed by atoms with Crippen LogP contribution in [0.4, 0.5) is 0 Å². The molecule has 0 aliphatic carbocycles. The van der Waals surface area contributed by atoms with E-state index in [1.807, 2.05) is 0 Å². The van der Waals surface area contributed by atoms with Gasteiger partial charge in [-0.05, 0) is 123 Å². The van der Waals surface area contributed by atoms with Crippen molar-refractivity contribution in [2.45, 2.75) is 174 Å². The average Bonchev–Trinajstić information content (AvgIpc) is 1.63. The number of hydrogen-bond donors (Lipinski definition) is 9. The van der Waals surface area contributed by atoms with Gasteiger partial charge in [0.15, 0.2) is 28.2 Å². The van der Waals surface area contributed by atoms with E-state index in [4.69, 9.17) is 80.0 Å². The highest BCUT2D eigenvalue weighted by molar-refractivity contribution is 7.71. The first-order valence-corrected chi connectivity index (χ1v) is 40.3. The molecular weight excluding hydrogens is 1510 g/mol. The number of benzene rings is 3. The second kappa shape index (κ2) is 37.6. The summed E-state index contributed by atoms with van der Waals surface area (Å²) in [6.45, 7) is 21.4. The fourth-order valence-corrected chi connectivity index (χ4v) is 17.3. The van der Waals surface area contributed by atoms with E-state index in [0.717, 1.165) is 0 Å². The molecule has 9 rings (SSSR count). The summed E-state index contributed by atoms with van der Waals surface area (Å²) in [5, 5.41) is 67.7. The van der Waals surface area contributed by atoms with Crippen molar-refractivity contribution in [3.8, 4) is 17.2 Å². The maximum Gasteiger partial charge on any atom is 0.380 e. The number of nitrogens with one attached hydrogen (secondary N) is 3. The van der Waals surface area contributed by atoms with Crippen molar-refractivity contribution in [2.24, 2.45) is 17.8 Å². The lowest BCUT2D eigenvalue weighted by Crippen LogP contribution is -2.53. The first-order valence-electron chi connectivity index (χ1n) is 34.3. The first-order chi connectivity index (χ1) is 50.5. The first kappa shape index (κ1) is 87.9. The zero-order valence-electron chi connectivity index (χ0n) is 61.5. The summed E-state index contributed by atoms with van der Waals surface area (Å²) in [5.74, 6) is -3.54. The molecule has 38 heteroatoms. The molecule has 18 atom stereocenters. The molecule has 33 nitrogen and oxygen atoms in total. The van der Waals surface area contributed by atoms with Crippen LogP contribution in [0.15, 0.2) is 150 Å². The molecule has 0 spiro atoms. The van der Waals surface area contributed by atoms with Crippen molar-refractivity contribution >= 4 is 71.0 Å². The Labute approximate surface area is 633 Å². The number of hydrogen-bond acceptors (Lipinski definition) is 30. The highest BCUT2D eigenvalue weighted by Crippen LogP contribution is 2.54. The van der Waals surface area contributed by atoms with Crippen LogP contribution in [0.1, 0.15) is 95.5 Å². The summed E-state index contributed by atoms with van der Waals surface area (Å²) >= 11 is 10.3. The number of aromatic nitrogens is 4. The third-order valence-electron chi connectivity index (χ3n) is 16.7. The van der Waals surface area contributed by atoms with Crippen molar-refractivity contribution in [3.05, 3.63) is 170 Å². The number of nitrogens with zero attached hydrogens (tertiary/aromatic N) is 3. The van der Waals surface area contributed by atoms with Gasteiger partial charge in [0.25, 0.3) is 17.0 Å². The van der Waals surface area contributed by atoms with E-state index in [9.17, 15) is 73.1 Å².